The predicted molar refractivity (Wildman–Crippen MR) is 151 cm³/mol. The SMILES string of the molecule is CCN(CC)c1ccc(C2(c3ccc(N(C)C)cc3)OC(=O)c3cc(N(CC)CC)ccc32)c(C)c1. The molecule has 0 spiro atoms. The molecule has 5 heteroatoms. The highest BCUT2D eigenvalue weighted by molar-refractivity contribution is 5.97. The van der Waals surface area contributed by atoms with Gasteiger partial charge in [0.05, 0.1) is 5.56 Å². The van der Waals surface area contributed by atoms with Gasteiger partial charge in [0, 0.05) is 74.0 Å². The summed E-state index contributed by atoms with van der Waals surface area (Å²) in [5.74, 6) is -0.275. The largest absolute Gasteiger partial charge is 0.441 e. The molecule has 1 unspecified atom stereocenters. The Kier molecular flexibility index (Phi) is 7.30. The quantitative estimate of drug-likeness (QED) is 0.337. The minimum atomic E-state index is -0.995. The maximum absolute atomic E-state index is 13.5. The molecule has 0 radical (unpaired) electrons. The zero-order valence-electron chi connectivity index (χ0n) is 22.8. The molecule has 4 rings (SSSR count). The zero-order chi connectivity index (χ0) is 26.0. The lowest BCUT2D eigenvalue weighted by molar-refractivity contribution is 0.0250. The van der Waals surface area contributed by atoms with Crippen LogP contribution in [0.25, 0.3) is 0 Å². The molecular formula is C31H39N3O2. The van der Waals surface area contributed by atoms with Crippen LogP contribution >= 0.6 is 0 Å². The summed E-state index contributed by atoms with van der Waals surface area (Å²) < 4.78 is 6.44. The van der Waals surface area contributed by atoms with E-state index in [2.05, 4.69) is 104 Å². The van der Waals surface area contributed by atoms with E-state index >= 15 is 0 Å². The van der Waals surface area contributed by atoms with Crippen molar-refractivity contribution < 1.29 is 9.53 Å². The molecule has 0 fully saturated rings. The van der Waals surface area contributed by atoms with Crippen LogP contribution in [-0.4, -0.2) is 46.2 Å². The molecule has 36 heavy (non-hydrogen) atoms. The van der Waals surface area contributed by atoms with Gasteiger partial charge in [-0.15, -0.1) is 0 Å². The van der Waals surface area contributed by atoms with Crippen LogP contribution in [0.2, 0.25) is 0 Å². The van der Waals surface area contributed by atoms with Crippen LogP contribution in [0.1, 0.15) is 60.3 Å². The second-order valence-corrected chi connectivity index (χ2v) is 9.59. The van der Waals surface area contributed by atoms with Gasteiger partial charge >= 0.3 is 5.97 Å². The molecule has 5 nitrogen and oxygen atoms in total. The monoisotopic (exact) mass is 485 g/mol. The van der Waals surface area contributed by atoms with Crippen molar-refractivity contribution in [1.82, 2.24) is 0 Å². The number of benzene rings is 3. The molecule has 0 N–H and O–H groups in total. The van der Waals surface area contributed by atoms with Crippen LogP contribution in [-0.2, 0) is 10.3 Å². The smallest absolute Gasteiger partial charge is 0.340 e. The lowest BCUT2D eigenvalue weighted by atomic mass is 9.78. The first-order valence-corrected chi connectivity index (χ1v) is 13.1. The third-order valence-corrected chi connectivity index (χ3v) is 7.48. The summed E-state index contributed by atoms with van der Waals surface area (Å²) in [6.45, 7) is 14.4. The first-order valence-electron chi connectivity index (χ1n) is 13.1. The number of rotatable bonds is 9. The Morgan fingerprint density at radius 2 is 1.19 bits per heavy atom. The van der Waals surface area contributed by atoms with E-state index in [0.717, 1.165) is 59.8 Å². The summed E-state index contributed by atoms with van der Waals surface area (Å²) in [5.41, 5.74) is 6.93. The summed E-state index contributed by atoms with van der Waals surface area (Å²) in [7, 11) is 4.06. The molecule has 1 atom stereocenters. The number of carbonyl (C=O) groups is 1. The second kappa shape index (κ2) is 10.3. The van der Waals surface area contributed by atoms with Crippen LogP contribution < -0.4 is 14.7 Å². The molecular weight excluding hydrogens is 446 g/mol. The van der Waals surface area contributed by atoms with E-state index in [0.29, 0.717) is 5.56 Å². The molecule has 3 aromatic rings. The lowest BCUT2D eigenvalue weighted by Crippen LogP contribution is -2.31. The summed E-state index contributed by atoms with van der Waals surface area (Å²) in [6, 6.07) is 21.1. The Balaban J connectivity index is 1.95. The topological polar surface area (TPSA) is 36.0 Å². The lowest BCUT2D eigenvalue weighted by Gasteiger charge is -2.33. The van der Waals surface area contributed by atoms with E-state index < -0.39 is 5.60 Å². The third-order valence-electron chi connectivity index (χ3n) is 7.48. The molecule has 1 aliphatic rings. The van der Waals surface area contributed by atoms with Gasteiger partial charge in [-0.25, -0.2) is 4.79 Å². The van der Waals surface area contributed by atoms with Crippen LogP contribution in [0.5, 0.6) is 0 Å². The van der Waals surface area contributed by atoms with Gasteiger partial charge in [0.25, 0.3) is 0 Å². The number of hydrogen-bond acceptors (Lipinski definition) is 5. The second-order valence-electron chi connectivity index (χ2n) is 9.59. The molecule has 0 bridgehead atoms. The number of ether oxygens (including phenoxy) is 1. The first-order chi connectivity index (χ1) is 17.3. The van der Waals surface area contributed by atoms with Crippen LogP contribution in [0, 0.1) is 6.92 Å². The number of anilines is 3. The van der Waals surface area contributed by atoms with Crippen molar-refractivity contribution in [3.63, 3.8) is 0 Å². The number of esters is 1. The zero-order valence-corrected chi connectivity index (χ0v) is 22.8. The van der Waals surface area contributed by atoms with Crippen molar-refractivity contribution in [2.75, 3.05) is 55.0 Å². The van der Waals surface area contributed by atoms with E-state index in [-0.39, 0.29) is 5.97 Å². The average molecular weight is 486 g/mol. The van der Waals surface area contributed by atoms with Crippen molar-refractivity contribution in [3.05, 3.63) is 88.5 Å². The summed E-state index contributed by atoms with van der Waals surface area (Å²) in [4.78, 5) is 20.1. The predicted octanol–water partition coefficient (Wildman–Crippen LogP) is 6.22. The minimum absolute atomic E-state index is 0.275. The van der Waals surface area contributed by atoms with Gasteiger partial charge in [0.2, 0.25) is 0 Å². The summed E-state index contributed by atoms with van der Waals surface area (Å²) in [6.07, 6.45) is 0. The number of nitrogens with zero attached hydrogens (tertiary/aromatic N) is 3. The van der Waals surface area contributed by atoms with Crippen molar-refractivity contribution in [2.45, 2.75) is 40.2 Å². The number of aryl methyl sites for hydroxylation is 1. The number of hydrogen-bond donors (Lipinski definition) is 0. The molecule has 0 saturated heterocycles. The van der Waals surface area contributed by atoms with Gasteiger partial charge in [-0.1, -0.05) is 24.3 Å². The fourth-order valence-corrected chi connectivity index (χ4v) is 5.44. The summed E-state index contributed by atoms with van der Waals surface area (Å²) in [5, 5.41) is 0. The maximum Gasteiger partial charge on any atom is 0.340 e. The standard InChI is InChI=1S/C31H39N3O2/c1-8-33(9-2)25-16-18-28(22(5)20-25)31(23-12-14-24(15-13-23)32(6)7)29-19-17-26(34(10-3)11-4)21-27(29)30(35)36-31/h12-21H,8-11H2,1-7H3. The van der Waals surface area contributed by atoms with Gasteiger partial charge in [-0.3, -0.25) is 0 Å². The minimum Gasteiger partial charge on any atom is -0.441 e. The van der Waals surface area contributed by atoms with E-state index in [1.807, 2.05) is 20.2 Å². The van der Waals surface area contributed by atoms with Gasteiger partial charge in [-0.2, -0.15) is 0 Å². The van der Waals surface area contributed by atoms with E-state index in [9.17, 15) is 4.79 Å². The van der Waals surface area contributed by atoms with Crippen molar-refractivity contribution in [2.24, 2.45) is 0 Å². The van der Waals surface area contributed by atoms with Crippen LogP contribution in [0.4, 0.5) is 17.1 Å². The Bertz CT molecular complexity index is 1230. The van der Waals surface area contributed by atoms with Crippen molar-refractivity contribution in [1.29, 1.82) is 0 Å². The maximum atomic E-state index is 13.5. The highest BCUT2D eigenvalue weighted by Gasteiger charge is 2.49. The van der Waals surface area contributed by atoms with Gasteiger partial charge < -0.3 is 19.4 Å². The van der Waals surface area contributed by atoms with Crippen LogP contribution in [0.15, 0.2) is 60.7 Å². The Morgan fingerprint density at radius 1 is 0.694 bits per heavy atom. The third kappa shape index (κ3) is 4.21. The first kappa shape index (κ1) is 25.6. The Labute approximate surface area is 216 Å². The molecule has 190 valence electrons. The van der Waals surface area contributed by atoms with E-state index in [1.54, 1.807) is 0 Å². The highest BCUT2D eigenvalue weighted by atomic mass is 16.6. The van der Waals surface area contributed by atoms with Crippen molar-refractivity contribution >= 4 is 23.0 Å². The van der Waals surface area contributed by atoms with E-state index in [4.69, 9.17) is 4.74 Å². The normalized spacial score (nSPS) is 16.5. The molecule has 1 aliphatic heterocycles. The highest BCUT2D eigenvalue weighted by Crippen LogP contribution is 2.49. The Morgan fingerprint density at radius 3 is 1.69 bits per heavy atom. The van der Waals surface area contributed by atoms with Gasteiger partial charge in [-0.05, 0) is 76.6 Å². The molecule has 3 aromatic carbocycles. The molecule has 0 aliphatic carbocycles. The molecule has 0 saturated carbocycles. The number of carbonyl (C=O) groups excluding carboxylic acids is 1. The van der Waals surface area contributed by atoms with Crippen LogP contribution in [0.3, 0.4) is 0 Å². The fourth-order valence-electron chi connectivity index (χ4n) is 5.44. The van der Waals surface area contributed by atoms with Crippen molar-refractivity contribution in [3.8, 4) is 0 Å². The summed E-state index contributed by atoms with van der Waals surface area (Å²) >= 11 is 0. The van der Waals surface area contributed by atoms with E-state index in [1.165, 1.54) is 5.69 Å². The molecule has 0 amide bonds. The molecule has 1 heterocycles. The van der Waals surface area contributed by atoms with Gasteiger partial charge in [0.1, 0.15) is 0 Å². The average Bonchev–Trinajstić information content (AvgIpc) is 3.18. The number of cyclic esters (lactones) is 1. The number of fused-ring (bicyclic) bond motifs is 1. The molecule has 0 aromatic heterocycles. The van der Waals surface area contributed by atoms with Gasteiger partial charge in [0.15, 0.2) is 5.60 Å². The Hall–Kier alpha value is -3.47. The fraction of sp³-hybridized carbons (Fsp3) is 0.387.